The summed E-state index contributed by atoms with van der Waals surface area (Å²) in [5.41, 5.74) is 1.30. The predicted octanol–water partition coefficient (Wildman–Crippen LogP) is 1.60. The van der Waals surface area contributed by atoms with Crippen LogP contribution in [0.25, 0.3) is 0 Å². The van der Waals surface area contributed by atoms with Crippen LogP contribution in [-0.2, 0) is 9.53 Å². The second-order valence-corrected chi connectivity index (χ2v) is 2.47. The van der Waals surface area contributed by atoms with Gasteiger partial charge in [-0.05, 0) is 24.6 Å². The highest BCUT2D eigenvalue weighted by Crippen LogP contribution is 2.19. The van der Waals surface area contributed by atoms with E-state index in [1.165, 1.54) is 0 Å². The summed E-state index contributed by atoms with van der Waals surface area (Å²) in [6.45, 7) is 8.95. The van der Waals surface area contributed by atoms with Crippen molar-refractivity contribution in [3.8, 4) is 0 Å². The summed E-state index contributed by atoms with van der Waals surface area (Å²) in [4.78, 5) is 11.0. The SMILES string of the molecule is C=CC1C=C(C(=C)C)C(=O)O1. The third kappa shape index (κ3) is 1.40. The topological polar surface area (TPSA) is 26.3 Å². The molecule has 0 radical (unpaired) electrons. The first-order valence-corrected chi connectivity index (χ1v) is 3.36. The van der Waals surface area contributed by atoms with Crippen molar-refractivity contribution in [1.29, 1.82) is 0 Å². The zero-order chi connectivity index (χ0) is 8.43. The monoisotopic (exact) mass is 150 g/mol. The van der Waals surface area contributed by atoms with Crippen molar-refractivity contribution >= 4 is 5.97 Å². The Bertz CT molecular complexity index is 248. The number of rotatable bonds is 2. The average Bonchev–Trinajstić information content (AvgIpc) is 2.30. The van der Waals surface area contributed by atoms with E-state index in [1.807, 2.05) is 0 Å². The first kappa shape index (κ1) is 7.79. The van der Waals surface area contributed by atoms with Gasteiger partial charge in [-0.3, -0.25) is 0 Å². The van der Waals surface area contributed by atoms with E-state index >= 15 is 0 Å². The minimum atomic E-state index is -0.303. The Hall–Kier alpha value is -1.31. The molecule has 0 aromatic rings. The molecule has 1 unspecified atom stereocenters. The van der Waals surface area contributed by atoms with Gasteiger partial charge < -0.3 is 4.74 Å². The number of esters is 1. The quantitative estimate of drug-likeness (QED) is 0.441. The van der Waals surface area contributed by atoms with Crippen LogP contribution in [0.1, 0.15) is 6.92 Å². The Morgan fingerprint density at radius 3 is 2.73 bits per heavy atom. The maximum atomic E-state index is 11.0. The van der Waals surface area contributed by atoms with E-state index in [0.717, 1.165) is 5.57 Å². The number of hydrogen-bond donors (Lipinski definition) is 0. The first-order chi connectivity index (χ1) is 5.15. The number of ether oxygens (including phenoxy) is 1. The molecule has 58 valence electrons. The Kier molecular flexibility index (Phi) is 1.94. The van der Waals surface area contributed by atoms with E-state index in [0.29, 0.717) is 5.57 Å². The molecule has 0 aliphatic carbocycles. The first-order valence-electron chi connectivity index (χ1n) is 3.36. The molecule has 1 aliphatic rings. The fourth-order valence-electron chi connectivity index (χ4n) is 0.886. The van der Waals surface area contributed by atoms with Crippen LogP contribution in [0.2, 0.25) is 0 Å². The molecule has 1 atom stereocenters. The summed E-state index contributed by atoms with van der Waals surface area (Å²) in [6, 6.07) is 0. The minimum Gasteiger partial charge on any atom is -0.450 e. The van der Waals surface area contributed by atoms with E-state index in [9.17, 15) is 4.79 Å². The van der Waals surface area contributed by atoms with Crippen LogP contribution in [0.3, 0.4) is 0 Å². The molecule has 0 aromatic heterocycles. The third-order valence-corrected chi connectivity index (χ3v) is 1.49. The van der Waals surface area contributed by atoms with Gasteiger partial charge in [0.05, 0.1) is 5.57 Å². The molecule has 0 bridgehead atoms. The van der Waals surface area contributed by atoms with Gasteiger partial charge in [0, 0.05) is 0 Å². The molecule has 11 heavy (non-hydrogen) atoms. The lowest BCUT2D eigenvalue weighted by Crippen LogP contribution is -2.04. The van der Waals surface area contributed by atoms with Crippen LogP contribution in [-0.4, -0.2) is 12.1 Å². The maximum absolute atomic E-state index is 11.0. The highest BCUT2D eigenvalue weighted by molar-refractivity contribution is 5.95. The summed E-state index contributed by atoms with van der Waals surface area (Å²) in [6.07, 6.45) is 3.03. The molecular formula is C9H10O2. The van der Waals surface area contributed by atoms with E-state index < -0.39 is 0 Å². The molecular weight excluding hydrogens is 140 g/mol. The van der Waals surface area contributed by atoms with Crippen molar-refractivity contribution < 1.29 is 9.53 Å². The lowest BCUT2D eigenvalue weighted by Gasteiger charge is -1.98. The number of carbonyl (C=O) groups is 1. The van der Waals surface area contributed by atoms with Gasteiger partial charge in [0.2, 0.25) is 0 Å². The molecule has 1 aliphatic heterocycles. The van der Waals surface area contributed by atoms with Gasteiger partial charge in [-0.15, -0.1) is 0 Å². The van der Waals surface area contributed by atoms with Crippen molar-refractivity contribution in [1.82, 2.24) is 0 Å². The normalized spacial score (nSPS) is 22.5. The smallest absolute Gasteiger partial charge is 0.339 e. The molecule has 2 nitrogen and oxygen atoms in total. The Labute approximate surface area is 65.9 Å². The molecule has 1 heterocycles. The lowest BCUT2D eigenvalue weighted by molar-refractivity contribution is -0.137. The summed E-state index contributed by atoms with van der Waals surface area (Å²) in [5.74, 6) is -0.303. The van der Waals surface area contributed by atoms with E-state index in [2.05, 4.69) is 13.2 Å². The van der Waals surface area contributed by atoms with Gasteiger partial charge >= 0.3 is 5.97 Å². The van der Waals surface area contributed by atoms with Crippen LogP contribution in [0.5, 0.6) is 0 Å². The van der Waals surface area contributed by atoms with Crippen LogP contribution in [0.4, 0.5) is 0 Å². The highest BCUT2D eigenvalue weighted by atomic mass is 16.5. The Balaban J connectivity index is 2.87. The fourth-order valence-corrected chi connectivity index (χ4v) is 0.886. The summed E-state index contributed by atoms with van der Waals surface area (Å²) >= 11 is 0. The molecule has 1 rings (SSSR count). The molecule has 0 fully saturated rings. The number of cyclic esters (lactones) is 1. The molecule has 2 heteroatoms. The lowest BCUT2D eigenvalue weighted by atomic mass is 10.1. The minimum absolute atomic E-state index is 0.269. The van der Waals surface area contributed by atoms with Crippen LogP contribution < -0.4 is 0 Å². The predicted molar refractivity (Wildman–Crippen MR) is 43.0 cm³/mol. The zero-order valence-electron chi connectivity index (χ0n) is 6.46. The molecule has 0 N–H and O–H groups in total. The van der Waals surface area contributed by atoms with E-state index in [4.69, 9.17) is 4.74 Å². The van der Waals surface area contributed by atoms with Gasteiger partial charge in [-0.25, -0.2) is 4.79 Å². The van der Waals surface area contributed by atoms with E-state index in [1.54, 1.807) is 19.1 Å². The second kappa shape index (κ2) is 2.74. The third-order valence-electron chi connectivity index (χ3n) is 1.49. The molecule has 0 amide bonds. The zero-order valence-corrected chi connectivity index (χ0v) is 6.46. The number of carbonyl (C=O) groups excluding carboxylic acids is 1. The van der Waals surface area contributed by atoms with Crippen molar-refractivity contribution in [3.05, 3.63) is 36.5 Å². The maximum Gasteiger partial charge on any atom is 0.339 e. The van der Waals surface area contributed by atoms with Crippen molar-refractivity contribution in [3.63, 3.8) is 0 Å². The van der Waals surface area contributed by atoms with Crippen LogP contribution in [0.15, 0.2) is 36.5 Å². The highest BCUT2D eigenvalue weighted by Gasteiger charge is 2.22. The van der Waals surface area contributed by atoms with Gasteiger partial charge in [0.25, 0.3) is 0 Å². The van der Waals surface area contributed by atoms with Gasteiger partial charge in [-0.2, -0.15) is 0 Å². The van der Waals surface area contributed by atoms with Crippen LogP contribution in [0, 0.1) is 0 Å². The van der Waals surface area contributed by atoms with E-state index in [-0.39, 0.29) is 12.1 Å². The largest absolute Gasteiger partial charge is 0.450 e. The fraction of sp³-hybridized carbons (Fsp3) is 0.222. The summed E-state index contributed by atoms with van der Waals surface area (Å²) < 4.78 is 4.87. The Morgan fingerprint density at radius 1 is 1.82 bits per heavy atom. The molecule has 0 aromatic carbocycles. The van der Waals surface area contributed by atoms with Crippen molar-refractivity contribution in [2.75, 3.05) is 0 Å². The van der Waals surface area contributed by atoms with Crippen LogP contribution >= 0.6 is 0 Å². The van der Waals surface area contributed by atoms with Crippen molar-refractivity contribution in [2.24, 2.45) is 0 Å². The molecule has 0 saturated carbocycles. The average molecular weight is 150 g/mol. The second-order valence-electron chi connectivity index (χ2n) is 2.47. The van der Waals surface area contributed by atoms with Gasteiger partial charge in [-0.1, -0.05) is 13.2 Å². The van der Waals surface area contributed by atoms with Gasteiger partial charge in [0.1, 0.15) is 6.10 Å². The van der Waals surface area contributed by atoms with Gasteiger partial charge in [0.15, 0.2) is 0 Å². The summed E-state index contributed by atoms with van der Waals surface area (Å²) in [7, 11) is 0. The molecule has 0 spiro atoms. The number of hydrogen-bond acceptors (Lipinski definition) is 2. The molecule has 0 saturated heterocycles. The summed E-state index contributed by atoms with van der Waals surface area (Å²) in [5, 5.41) is 0. The van der Waals surface area contributed by atoms with Crippen molar-refractivity contribution in [2.45, 2.75) is 13.0 Å². The standard InChI is InChI=1S/C9H10O2/c1-4-7-5-8(6(2)3)9(10)11-7/h4-5,7H,1-2H2,3H3. The Morgan fingerprint density at radius 2 is 2.45 bits per heavy atom.